The number of carbonyl (C=O) groups excluding carboxylic acids is 2. The first-order valence-electron chi connectivity index (χ1n) is 9.51. The van der Waals surface area contributed by atoms with Gasteiger partial charge in [0.15, 0.2) is 0 Å². The van der Waals surface area contributed by atoms with Gasteiger partial charge < -0.3 is 10.6 Å². The third kappa shape index (κ3) is 5.21. The molecule has 1 aliphatic heterocycles. The van der Waals surface area contributed by atoms with Crippen LogP contribution in [0.2, 0.25) is 0 Å². The molecule has 2 aromatic carbocycles. The van der Waals surface area contributed by atoms with Crippen molar-refractivity contribution in [2.75, 3.05) is 18.4 Å². The highest BCUT2D eigenvalue weighted by atomic mass is 32.2. The Morgan fingerprint density at radius 3 is 2.28 bits per heavy atom. The summed E-state index contributed by atoms with van der Waals surface area (Å²) in [7, 11) is -3.61. The molecule has 154 valence electrons. The average Bonchev–Trinajstić information content (AvgIpc) is 2.68. The van der Waals surface area contributed by atoms with Crippen molar-refractivity contribution in [3.63, 3.8) is 0 Å². The van der Waals surface area contributed by atoms with Crippen molar-refractivity contribution >= 4 is 27.5 Å². The lowest BCUT2D eigenvalue weighted by Crippen LogP contribution is -2.46. The van der Waals surface area contributed by atoms with E-state index in [2.05, 4.69) is 10.6 Å². The van der Waals surface area contributed by atoms with E-state index < -0.39 is 10.0 Å². The fraction of sp³-hybridized carbons (Fsp3) is 0.333. The maximum absolute atomic E-state index is 12.9. The summed E-state index contributed by atoms with van der Waals surface area (Å²) in [6.45, 7) is 4.01. The van der Waals surface area contributed by atoms with Gasteiger partial charge in [-0.3, -0.25) is 9.59 Å². The molecule has 3 rings (SSSR count). The monoisotopic (exact) mass is 415 g/mol. The number of benzene rings is 2. The molecular weight excluding hydrogens is 390 g/mol. The average molecular weight is 416 g/mol. The number of hydrogen-bond donors (Lipinski definition) is 2. The van der Waals surface area contributed by atoms with E-state index >= 15 is 0 Å². The van der Waals surface area contributed by atoms with Crippen LogP contribution in [0, 0.1) is 6.92 Å². The van der Waals surface area contributed by atoms with Crippen LogP contribution in [0.3, 0.4) is 0 Å². The first-order valence-corrected chi connectivity index (χ1v) is 10.9. The van der Waals surface area contributed by atoms with Crippen LogP contribution in [0.1, 0.15) is 35.7 Å². The number of amides is 2. The van der Waals surface area contributed by atoms with E-state index in [0.717, 1.165) is 5.56 Å². The van der Waals surface area contributed by atoms with Crippen LogP contribution in [0.15, 0.2) is 53.4 Å². The molecule has 0 saturated carbocycles. The molecule has 8 heteroatoms. The minimum Gasteiger partial charge on any atom is -0.349 e. The second kappa shape index (κ2) is 8.75. The van der Waals surface area contributed by atoms with Gasteiger partial charge in [0, 0.05) is 37.3 Å². The van der Waals surface area contributed by atoms with Crippen LogP contribution in [0.5, 0.6) is 0 Å². The number of nitrogens with one attached hydrogen (secondary N) is 2. The second-order valence-corrected chi connectivity index (χ2v) is 9.16. The molecule has 0 radical (unpaired) electrons. The fourth-order valence-corrected chi connectivity index (χ4v) is 4.83. The van der Waals surface area contributed by atoms with Crippen LogP contribution in [0.25, 0.3) is 0 Å². The maximum atomic E-state index is 12.9. The van der Waals surface area contributed by atoms with E-state index in [1.54, 1.807) is 18.2 Å². The van der Waals surface area contributed by atoms with E-state index in [9.17, 15) is 18.0 Å². The Morgan fingerprint density at radius 2 is 1.69 bits per heavy atom. The molecule has 1 fully saturated rings. The van der Waals surface area contributed by atoms with Gasteiger partial charge in [0.2, 0.25) is 15.9 Å². The van der Waals surface area contributed by atoms with Gasteiger partial charge in [-0.25, -0.2) is 8.42 Å². The first-order chi connectivity index (χ1) is 13.8. The third-order valence-electron chi connectivity index (χ3n) is 4.88. The number of hydrogen-bond acceptors (Lipinski definition) is 4. The molecule has 0 unspecified atom stereocenters. The second-order valence-electron chi connectivity index (χ2n) is 7.23. The lowest BCUT2D eigenvalue weighted by atomic mass is 10.1. The number of nitrogens with zero attached hydrogens (tertiary/aromatic N) is 1. The van der Waals surface area contributed by atoms with Crippen LogP contribution in [-0.4, -0.2) is 43.7 Å². The van der Waals surface area contributed by atoms with E-state index in [4.69, 9.17) is 0 Å². The van der Waals surface area contributed by atoms with E-state index in [1.165, 1.54) is 23.4 Å². The normalized spacial score (nSPS) is 15.7. The molecule has 29 heavy (non-hydrogen) atoms. The molecule has 0 atom stereocenters. The lowest BCUT2D eigenvalue weighted by Gasteiger charge is -2.31. The molecule has 0 aromatic heterocycles. The van der Waals surface area contributed by atoms with Gasteiger partial charge in [-0.1, -0.05) is 17.7 Å². The van der Waals surface area contributed by atoms with Crippen molar-refractivity contribution in [3.8, 4) is 0 Å². The summed E-state index contributed by atoms with van der Waals surface area (Å²) in [6.07, 6.45) is 1.11. The highest BCUT2D eigenvalue weighted by molar-refractivity contribution is 7.89. The topological polar surface area (TPSA) is 95.6 Å². The zero-order valence-corrected chi connectivity index (χ0v) is 17.3. The fourth-order valence-electron chi connectivity index (χ4n) is 3.36. The number of sulfonamides is 1. The van der Waals surface area contributed by atoms with Crippen molar-refractivity contribution in [3.05, 3.63) is 59.7 Å². The van der Waals surface area contributed by atoms with E-state index in [0.29, 0.717) is 37.2 Å². The van der Waals surface area contributed by atoms with Crippen molar-refractivity contribution in [1.82, 2.24) is 9.62 Å². The van der Waals surface area contributed by atoms with Gasteiger partial charge in [0.1, 0.15) is 0 Å². The van der Waals surface area contributed by atoms with E-state index in [-0.39, 0.29) is 22.8 Å². The van der Waals surface area contributed by atoms with Crippen LogP contribution in [0.4, 0.5) is 5.69 Å². The number of anilines is 1. The summed E-state index contributed by atoms with van der Waals surface area (Å²) in [5.74, 6) is -0.348. The van der Waals surface area contributed by atoms with E-state index in [1.807, 2.05) is 25.1 Å². The molecule has 0 bridgehead atoms. The first kappa shape index (κ1) is 21.0. The summed E-state index contributed by atoms with van der Waals surface area (Å²) >= 11 is 0. The Balaban J connectivity index is 1.59. The quantitative estimate of drug-likeness (QED) is 0.784. The Bertz CT molecular complexity index is 995. The van der Waals surface area contributed by atoms with Crippen molar-refractivity contribution in [2.45, 2.75) is 37.6 Å². The van der Waals surface area contributed by atoms with Gasteiger partial charge in [-0.15, -0.1) is 0 Å². The highest BCUT2D eigenvalue weighted by Crippen LogP contribution is 2.22. The minimum absolute atomic E-state index is 0.0587. The zero-order valence-electron chi connectivity index (χ0n) is 16.5. The van der Waals surface area contributed by atoms with Crippen molar-refractivity contribution in [1.29, 1.82) is 0 Å². The summed E-state index contributed by atoms with van der Waals surface area (Å²) in [6, 6.07) is 13.5. The number of piperidine rings is 1. The largest absolute Gasteiger partial charge is 0.349 e. The van der Waals surface area contributed by atoms with Gasteiger partial charge in [0.25, 0.3) is 5.91 Å². The molecule has 0 aliphatic carbocycles. The molecule has 2 amide bonds. The molecule has 2 aromatic rings. The van der Waals surface area contributed by atoms with Crippen LogP contribution >= 0.6 is 0 Å². The summed E-state index contributed by atoms with van der Waals surface area (Å²) in [5, 5.41) is 5.62. The van der Waals surface area contributed by atoms with Gasteiger partial charge in [-0.05, 0) is 56.2 Å². The highest BCUT2D eigenvalue weighted by Gasteiger charge is 2.30. The lowest BCUT2D eigenvalue weighted by molar-refractivity contribution is -0.114. The Labute approximate surface area is 171 Å². The van der Waals surface area contributed by atoms with Gasteiger partial charge in [-0.2, -0.15) is 4.31 Å². The molecule has 1 saturated heterocycles. The Kier molecular flexibility index (Phi) is 6.34. The predicted octanol–water partition coefficient (Wildman–Crippen LogP) is 2.54. The Hall–Kier alpha value is -2.71. The SMILES string of the molecule is CC(=O)Nc1ccc(S(=O)(=O)N2CCC(NC(=O)c3cccc(C)c3)CC2)cc1. The number of carbonyl (C=O) groups is 2. The Morgan fingerprint density at radius 1 is 1.03 bits per heavy atom. The number of rotatable bonds is 5. The smallest absolute Gasteiger partial charge is 0.251 e. The summed E-state index contributed by atoms with van der Waals surface area (Å²) in [4.78, 5) is 23.7. The number of aryl methyl sites for hydroxylation is 1. The molecule has 1 aliphatic rings. The minimum atomic E-state index is -3.61. The summed E-state index contributed by atoms with van der Waals surface area (Å²) < 4.78 is 27.2. The summed E-state index contributed by atoms with van der Waals surface area (Å²) in [5.41, 5.74) is 2.18. The van der Waals surface area contributed by atoms with Crippen molar-refractivity contribution < 1.29 is 18.0 Å². The van der Waals surface area contributed by atoms with Gasteiger partial charge >= 0.3 is 0 Å². The molecule has 7 nitrogen and oxygen atoms in total. The standard InChI is InChI=1S/C21H25N3O4S/c1-15-4-3-5-17(14-15)21(26)23-19-10-12-24(13-11-19)29(27,28)20-8-6-18(7-9-20)22-16(2)25/h3-9,14,19H,10-13H2,1-2H3,(H,22,25)(H,23,26). The molecule has 2 N–H and O–H groups in total. The van der Waals surface area contributed by atoms with Crippen molar-refractivity contribution in [2.24, 2.45) is 0 Å². The van der Waals surface area contributed by atoms with Gasteiger partial charge in [0.05, 0.1) is 4.90 Å². The predicted molar refractivity (Wildman–Crippen MR) is 111 cm³/mol. The van der Waals surface area contributed by atoms with Crippen LogP contribution < -0.4 is 10.6 Å². The zero-order chi connectivity index (χ0) is 21.0. The molecule has 1 heterocycles. The molecule has 0 spiro atoms. The molecular formula is C21H25N3O4S. The van der Waals surface area contributed by atoms with Crippen LogP contribution in [-0.2, 0) is 14.8 Å². The maximum Gasteiger partial charge on any atom is 0.251 e. The third-order valence-corrected chi connectivity index (χ3v) is 6.79.